The van der Waals surface area contributed by atoms with Crippen molar-refractivity contribution in [3.63, 3.8) is 0 Å². The Morgan fingerprint density at radius 3 is 1.90 bits per heavy atom. The van der Waals surface area contributed by atoms with Crippen molar-refractivity contribution in [3.8, 4) is 16.8 Å². The predicted molar refractivity (Wildman–Crippen MR) is 257 cm³/mol. The molecule has 0 saturated heterocycles. The van der Waals surface area contributed by atoms with Crippen LogP contribution in [0.5, 0.6) is 0 Å². The van der Waals surface area contributed by atoms with E-state index in [1.807, 2.05) is 0 Å². The zero-order valence-electron chi connectivity index (χ0n) is 33.0. The highest BCUT2D eigenvalue weighted by Crippen LogP contribution is 2.42. The maximum absolute atomic E-state index is 2.53. The van der Waals surface area contributed by atoms with Gasteiger partial charge >= 0.3 is 0 Å². The second-order valence-corrected chi connectivity index (χ2v) is 16.1. The van der Waals surface area contributed by atoms with E-state index in [0.29, 0.717) is 0 Å². The van der Waals surface area contributed by atoms with Gasteiger partial charge in [-0.3, -0.25) is 0 Å². The molecule has 1 aromatic heterocycles. The van der Waals surface area contributed by atoms with Crippen molar-refractivity contribution in [1.82, 2.24) is 4.57 Å². The van der Waals surface area contributed by atoms with Crippen LogP contribution in [0, 0.1) is 0 Å². The van der Waals surface area contributed by atoms with E-state index < -0.39 is 0 Å². The van der Waals surface area contributed by atoms with Gasteiger partial charge in [0.1, 0.15) is 0 Å². The van der Waals surface area contributed by atoms with E-state index in [9.17, 15) is 0 Å². The van der Waals surface area contributed by atoms with Crippen molar-refractivity contribution in [1.29, 1.82) is 0 Å². The maximum Gasteiger partial charge on any atom is 0.0565 e. The lowest BCUT2D eigenvalue weighted by molar-refractivity contribution is 0.788. The molecule has 1 heterocycles. The number of aromatic nitrogens is 1. The first-order valence-electron chi connectivity index (χ1n) is 20.9. The highest BCUT2D eigenvalue weighted by atomic mass is 15.2. The summed E-state index contributed by atoms with van der Waals surface area (Å²) >= 11 is 0. The van der Waals surface area contributed by atoms with Gasteiger partial charge in [0.05, 0.1) is 17.1 Å². The molecule has 60 heavy (non-hydrogen) atoms. The first kappa shape index (κ1) is 34.4. The summed E-state index contributed by atoms with van der Waals surface area (Å²) in [7, 11) is 0. The molecule has 282 valence electrons. The first-order chi connectivity index (χ1) is 29.7. The first-order valence-corrected chi connectivity index (χ1v) is 20.9. The predicted octanol–water partition coefficient (Wildman–Crippen LogP) is 15.6. The number of hydrogen-bond acceptors (Lipinski definition) is 1. The molecule has 0 N–H and O–H groups in total. The van der Waals surface area contributed by atoms with Gasteiger partial charge in [-0.15, -0.1) is 0 Å². The normalized spacial score (nSPS) is 14.1. The fourth-order valence-corrected chi connectivity index (χ4v) is 9.74. The third kappa shape index (κ3) is 5.72. The van der Waals surface area contributed by atoms with E-state index in [0.717, 1.165) is 6.42 Å². The average Bonchev–Trinajstić information content (AvgIpc) is 3.64. The SMILES string of the molecule is C1=CC(c2cccc3c2c2cc4ccccc4cc2n3-c2ccccc2)=CC(N(c2ccc(-c3ccc4c(ccc5ccccc54)c3)cc2)c2ccc3ccccc3c2)C1. The van der Waals surface area contributed by atoms with Crippen LogP contribution >= 0.6 is 0 Å². The summed E-state index contributed by atoms with van der Waals surface area (Å²) in [6, 6.07) is 75.9. The van der Waals surface area contributed by atoms with Gasteiger partial charge in [-0.2, -0.15) is 0 Å². The summed E-state index contributed by atoms with van der Waals surface area (Å²) in [5.74, 6) is 0. The molecule has 0 amide bonds. The molecule has 0 bridgehead atoms. The van der Waals surface area contributed by atoms with Crippen LogP contribution in [-0.4, -0.2) is 10.6 Å². The maximum atomic E-state index is 2.53. The summed E-state index contributed by atoms with van der Waals surface area (Å²) in [6.45, 7) is 0. The summed E-state index contributed by atoms with van der Waals surface area (Å²) in [6.07, 6.45) is 8.09. The van der Waals surface area contributed by atoms with Gasteiger partial charge in [0.25, 0.3) is 0 Å². The Kier molecular flexibility index (Phi) is 8.02. The quantitative estimate of drug-likeness (QED) is 0.153. The molecule has 1 unspecified atom stereocenters. The van der Waals surface area contributed by atoms with E-state index in [1.165, 1.54) is 104 Å². The molecule has 11 aromatic rings. The van der Waals surface area contributed by atoms with Crippen LogP contribution in [0.15, 0.2) is 224 Å². The number of allylic oxidation sites excluding steroid dienone is 2. The lowest BCUT2D eigenvalue weighted by Gasteiger charge is -2.34. The largest absolute Gasteiger partial charge is 0.334 e. The van der Waals surface area contributed by atoms with Crippen LogP contribution in [0.25, 0.3) is 87.3 Å². The van der Waals surface area contributed by atoms with E-state index in [-0.39, 0.29) is 6.04 Å². The molecule has 0 aliphatic heterocycles. The standard InChI is InChI=1S/C58H40N2/c1-2-18-48(19-3-1)60-56-23-11-22-54(58(56)55-37-43-15-6-7-16-44(43)38-57(55)60)46-17-10-20-50(36-46)59(51-32-28-39-12-4-5-14-42(39)35-51)49-30-26-40(27-31-49)45-29-33-53-47(34-45)25-24-41-13-8-9-21-52(41)53/h1-19,21-38,50H,20H2. The molecular formula is C58H40N2. The van der Waals surface area contributed by atoms with Crippen molar-refractivity contribution >= 4 is 81.8 Å². The molecule has 1 aliphatic carbocycles. The fraction of sp³-hybridized carbons (Fsp3) is 0.0345. The van der Waals surface area contributed by atoms with Gasteiger partial charge < -0.3 is 9.47 Å². The minimum atomic E-state index is 0.0875. The number of benzene rings is 10. The van der Waals surface area contributed by atoms with E-state index in [1.54, 1.807) is 0 Å². The van der Waals surface area contributed by atoms with Crippen molar-refractivity contribution in [2.24, 2.45) is 0 Å². The Balaban J connectivity index is 0.993. The minimum Gasteiger partial charge on any atom is -0.334 e. The molecule has 1 atom stereocenters. The number of rotatable bonds is 6. The smallest absolute Gasteiger partial charge is 0.0565 e. The van der Waals surface area contributed by atoms with Crippen LogP contribution in [0.2, 0.25) is 0 Å². The third-order valence-electron chi connectivity index (χ3n) is 12.6. The van der Waals surface area contributed by atoms with Crippen LogP contribution in [0.3, 0.4) is 0 Å². The minimum absolute atomic E-state index is 0.0875. The molecule has 12 rings (SSSR count). The van der Waals surface area contributed by atoms with Gasteiger partial charge in [0.15, 0.2) is 0 Å². The van der Waals surface area contributed by atoms with Crippen molar-refractivity contribution in [3.05, 3.63) is 230 Å². The fourth-order valence-electron chi connectivity index (χ4n) is 9.74. The number of para-hydroxylation sites is 1. The Morgan fingerprint density at radius 1 is 0.417 bits per heavy atom. The summed E-state index contributed by atoms with van der Waals surface area (Å²) in [5, 5.41) is 12.6. The van der Waals surface area contributed by atoms with Crippen molar-refractivity contribution in [2.45, 2.75) is 12.5 Å². The monoisotopic (exact) mass is 764 g/mol. The second-order valence-electron chi connectivity index (χ2n) is 16.1. The molecule has 2 heteroatoms. The molecule has 1 aliphatic rings. The number of anilines is 2. The van der Waals surface area contributed by atoms with Gasteiger partial charge in [0, 0.05) is 27.8 Å². The van der Waals surface area contributed by atoms with Crippen LogP contribution in [-0.2, 0) is 0 Å². The van der Waals surface area contributed by atoms with Gasteiger partial charge in [-0.05, 0) is 132 Å². The molecular weight excluding hydrogens is 725 g/mol. The highest BCUT2D eigenvalue weighted by Gasteiger charge is 2.24. The molecule has 0 fully saturated rings. The molecule has 0 saturated carbocycles. The van der Waals surface area contributed by atoms with Crippen LogP contribution in [0.1, 0.15) is 12.0 Å². The third-order valence-corrected chi connectivity index (χ3v) is 12.6. The van der Waals surface area contributed by atoms with E-state index in [2.05, 4.69) is 234 Å². The Labute approximate surface area is 349 Å². The van der Waals surface area contributed by atoms with Gasteiger partial charge in [-0.25, -0.2) is 0 Å². The summed E-state index contributed by atoms with van der Waals surface area (Å²) in [5.41, 5.74) is 10.9. The van der Waals surface area contributed by atoms with Crippen LogP contribution < -0.4 is 4.90 Å². The van der Waals surface area contributed by atoms with Crippen molar-refractivity contribution < 1.29 is 0 Å². The van der Waals surface area contributed by atoms with Crippen molar-refractivity contribution in [2.75, 3.05) is 4.90 Å². The number of hydrogen-bond donors (Lipinski definition) is 0. The van der Waals surface area contributed by atoms with Gasteiger partial charge in [0.2, 0.25) is 0 Å². The Morgan fingerprint density at radius 2 is 1.07 bits per heavy atom. The lowest BCUT2D eigenvalue weighted by atomic mass is 9.92. The zero-order chi connectivity index (χ0) is 39.6. The molecule has 10 aromatic carbocycles. The summed E-state index contributed by atoms with van der Waals surface area (Å²) < 4.78 is 2.44. The lowest BCUT2D eigenvalue weighted by Crippen LogP contribution is -2.30. The summed E-state index contributed by atoms with van der Waals surface area (Å²) in [4.78, 5) is 2.53. The second kappa shape index (κ2) is 14.0. The Hall–Kier alpha value is -7.68. The molecule has 2 nitrogen and oxygen atoms in total. The Bertz CT molecular complexity index is 3520. The zero-order valence-corrected chi connectivity index (χ0v) is 33.0. The average molecular weight is 765 g/mol. The van der Waals surface area contributed by atoms with Crippen LogP contribution in [0.4, 0.5) is 11.4 Å². The topological polar surface area (TPSA) is 8.17 Å². The van der Waals surface area contributed by atoms with E-state index >= 15 is 0 Å². The number of nitrogens with zero attached hydrogens (tertiary/aromatic N) is 2. The molecule has 0 radical (unpaired) electrons. The molecule has 0 spiro atoms. The highest BCUT2D eigenvalue weighted by molar-refractivity contribution is 6.17. The number of fused-ring (bicyclic) bond motifs is 8. The van der Waals surface area contributed by atoms with E-state index in [4.69, 9.17) is 0 Å². The van der Waals surface area contributed by atoms with Gasteiger partial charge in [-0.1, -0.05) is 164 Å².